The molecule has 130 valence electrons. The number of aromatic nitrogens is 5. The fourth-order valence-electron chi connectivity index (χ4n) is 2.27. The molecular formula is C16H18N6OS2. The Morgan fingerprint density at radius 3 is 2.80 bits per heavy atom. The van der Waals surface area contributed by atoms with Crippen LogP contribution < -0.4 is 5.32 Å². The van der Waals surface area contributed by atoms with Crippen molar-refractivity contribution in [2.24, 2.45) is 0 Å². The maximum atomic E-state index is 12.1. The van der Waals surface area contributed by atoms with Gasteiger partial charge in [0.15, 0.2) is 5.16 Å². The van der Waals surface area contributed by atoms with Crippen LogP contribution in [0.4, 0.5) is 5.13 Å². The average Bonchev–Trinajstić information content (AvgIpc) is 3.28. The Labute approximate surface area is 153 Å². The topological polar surface area (TPSA) is 85.6 Å². The Kier molecular flexibility index (Phi) is 5.77. The van der Waals surface area contributed by atoms with Gasteiger partial charge in [0, 0.05) is 0 Å². The summed E-state index contributed by atoms with van der Waals surface area (Å²) in [6.45, 7) is 4.11. The van der Waals surface area contributed by atoms with E-state index < -0.39 is 0 Å². The van der Waals surface area contributed by atoms with Crippen LogP contribution in [0.1, 0.15) is 24.4 Å². The third-order valence-electron chi connectivity index (χ3n) is 3.50. The van der Waals surface area contributed by atoms with Crippen LogP contribution in [-0.4, -0.2) is 36.6 Å². The van der Waals surface area contributed by atoms with Crippen LogP contribution in [0.25, 0.3) is 5.69 Å². The molecule has 0 saturated carbocycles. The Hall–Kier alpha value is -2.26. The van der Waals surface area contributed by atoms with Gasteiger partial charge >= 0.3 is 0 Å². The monoisotopic (exact) mass is 374 g/mol. The van der Waals surface area contributed by atoms with Gasteiger partial charge in [-0.3, -0.25) is 14.7 Å². The number of thioether (sulfide) groups is 1. The number of amides is 1. The molecule has 0 bridgehead atoms. The molecule has 1 N–H and O–H groups in total. The summed E-state index contributed by atoms with van der Waals surface area (Å²) in [5.41, 5.74) is 2.24. The van der Waals surface area contributed by atoms with Gasteiger partial charge in [0.1, 0.15) is 11.3 Å². The Morgan fingerprint density at radius 1 is 1.20 bits per heavy atom. The quantitative estimate of drug-likeness (QED) is 0.640. The lowest BCUT2D eigenvalue weighted by Crippen LogP contribution is -2.14. The van der Waals surface area contributed by atoms with Crippen molar-refractivity contribution in [3.63, 3.8) is 0 Å². The lowest BCUT2D eigenvalue weighted by atomic mass is 10.1. The van der Waals surface area contributed by atoms with Gasteiger partial charge in [-0.25, -0.2) is 0 Å². The molecule has 25 heavy (non-hydrogen) atoms. The molecule has 0 aliphatic rings. The number of benzene rings is 1. The maximum Gasteiger partial charge on any atom is 0.236 e. The van der Waals surface area contributed by atoms with Gasteiger partial charge < -0.3 is 0 Å². The van der Waals surface area contributed by atoms with Gasteiger partial charge in [-0.2, -0.15) is 0 Å². The zero-order valence-corrected chi connectivity index (χ0v) is 15.6. The average molecular weight is 374 g/mol. The highest BCUT2D eigenvalue weighted by molar-refractivity contribution is 7.99. The van der Waals surface area contributed by atoms with Gasteiger partial charge in [0.2, 0.25) is 11.0 Å². The Morgan fingerprint density at radius 2 is 2.04 bits per heavy atom. The summed E-state index contributed by atoms with van der Waals surface area (Å²) in [7, 11) is 0. The highest BCUT2D eigenvalue weighted by Gasteiger charge is 2.13. The largest absolute Gasteiger partial charge is 0.300 e. The minimum absolute atomic E-state index is 0.137. The van der Waals surface area contributed by atoms with Crippen molar-refractivity contribution in [2.45, 2.75) is 31.8 Å². The number of nitrogens with zero attached hydrogens (tertiary/aromatic N) is 5. The van der Waals surface area contributed by atoms with E-state index in [1.807, 2.05) is 29.7 Å². The lowest BCUT2D eigenvalue weighted by molar-refractivity contribution is -0.113. The predicted molar refractivity (Wildman–Crippen MR) is 99.4 cm³/mol. The van der Waals surface area contributed by atoms with Crippen LogP contribution >= 0.6 is 23.1 Å². The number of para-hydroxylation sites is 1. The molecule has 0 radical (unpaired) electrons. The number of nitrogens with one attached hydrogen (secondary N) is 1. The number of rotatable bonds is 7. The lowest BCUT2D eigenvalue weighted by Gasteiger charge is -2.10. The molecule has 2 heterocycles. The smallest absolute Gasteiger partial charge is 0.236 e. The second-order valence-electron chi connectivity index (χ2n) is 5.16. The number of carbonyl (C=O) groups excluding carboxylic acids is 1. The molecule has 3 rings (SSSR count). The van der Waals surface area contributed by atoms with E-state index in [0.717, 1.165) is 23.5 Å². The normalized spacial score (nSPS) is 10.8. The predicted octanol–water partition coefficient (Wildman–Crippen LogP) is 2.97. The van der Waals surface area contributed by atoms with E-state index in [4.69, 9.17) is 0 Å². The molecule has 0 aliphatic carbocycles. The van der Waals surface area contributed by atoms with Gasteiger partial charge in [-0.1, -0.05) is 55.1 Å². The molecule has 1 amide bonds. The van der Waals surface area contributed by atoms with Crippen molar-refractivity contribution in [2.75, 3.05) is 11.1 Å². The molecule has 0 aliphatic heterocycles. The summed E-state index contributed by atoms with van der Waals surface area (Å²) in [6.07, 6.45) is 3.39. The van der Waals surface area contributed by atoms with Crippen LogP contribution in [-0.2, 0) is 17.6 Å². The maximum absolute atomic E-state index is 12.1. The van der Waals surface area contributed by atoms with Gasteiger partial charge in [-0.05, 0) is 24.5 Å². The first kappa shape index (κ1) is 17.6. The number of aryl methyl sites for hydroxylation is 2. The molecule has 0 spiro atoms. The first-order chi connectivity index (χ1) is 12.2. The highest BCUT2D eigenvalue weighted by Crippen LogP contribution is 2.23. The second kappa shape index (κ2) is 8.21. The van der Waals surface area contributed by atoms with Crippen molar-refractivity contribution in [3.8, 4) is 5.69 Å². The molecule has 1 aromatic carbocycles. The minimum Gasteiger partial charge on any atom is -0.300 e. The molecule has 9 heteroatoms. The van der Waals surface area contributed by atoms with E-state index >= 15 is 0 Å². The zero-order chi connectivity index (χ0) is 17.6. The van der Waals surface area contributed by atoms with Crippen molar-refractivity contribution in [3.05, 3.63) is 41.2 Å². The summed E-state index contributed by atoms with van der Waals surface area (Å²) in [4.78, 5) is 12.1. The summed E-state index contributed by atoms with van der Waals surface area (Å²) in [5.74, 6) is 0.0933. The van der Waals surface area contributed by atoms with Crippen LogP contribution in [0.2, 0.25) is 0 Å². The zero-order valence-electron chi connectivity index (χ0n) is 14.0. The Bertz CT molecular complexity index is 860. The number of carbonyl (C=O) groups is 1. The van der Waals surface area contributed by atoms with E-state index in [1.165, 1.54) is 28.7 Å². The van der Waals surface area contributed by atoms with Crippen molar-refractivity contribution in [1.82, 2.24) is 25.0 Å². The van der Waals surface area contributed by atoms with Crippen LogP contribution in [0, 0.1) is 0 Å². The fourth-order valence-corrected chi connectivity index (χ4v) is 3.68. The summed E-state index contributed by atoms with van der Waals surface area (Å²) in [6, 6.07) is 8.10. The minimum atomic E-state index is -0.137. The van der Waals surface area contributed by atoms with Crippen LogP contribution in [0.3, 0.4) is 0 Å². The van der Waals surface area contributed by atoms with Gasteiger partial charge in [-0.15, -0.1) is 20.4 Å². The fraction of sp³-hybridized carbons (Fsp3) is 0.312. The molecule has 2 aromatic heterocycles. The highest BCUT2D eigenvalue weighted by atomic mass is 32.2. The molecular weight excluding hydrogens is 356 g/mol. The summed E-state index contributed by atoms with van der Waals surface area (Å²) >= 11 is 2.73. The van der Waals surface area contributed by atoms with Crippen LogP contribution in [0.5, 0.6) is 0 Å². The summed E-state index contributed by atoms with van der Waals surface area (Å²) in [5, 5.41) is 21.0. The van der Waals surface area contributed by atoms with E-state index in [-0.39, 0.29) is 11.7 Å². The molecule has 3 aromatic rings. The standard InChI is InChI=1S/C16H18N6OS2/c1-3-11-7-5-6-8-12(11)22-10-17-21-16(22)24-9-13(23)18-15-20-19-14(4-2)25-15/h5-8,10H,3-4,9H2,1-2H3,(H,18,20,23). The number of hydrogen-bond acceptors (Lipinski definition) is 7. The first-order valence-corrected chi connectivity index (χ1v) is 9.74. The van der Waals surface area contributed by atoms with Gasteiger partial charge in [0.25, 0.3) is 0 Å². The van der Waals surface area contributed by atoms with Crippen molar-refractivity contribution in [1.29, 1.82) is 0 Å². The Balaban J connectivity index is 1.66. The van der Waals surface area contributed by atoms with Crippen molar-refractivity contribution < 1.29 is 4.79 Å². The second-order valence-corrected chi connectivity index (χ2v) is 7.16. The molecule has 0 atom stereocenters. The van der Waals surface area contributed by atoms with Gasteiger partial charge in [0.05, 0.1) is 11.4 Å². The molecule has 0 saturated heterocycles. The molecule has 0 fully saturated rings. The molecule has 0 unspecified atom stereocenters. The SMILES string of the molecule is CCc1nnc(NC(=O)CSc2nncn2-c2ccccc2CC)s1. The van der Waals surface area contributed by atoms with Crippen LogP contribution in [0.15, 0.2) is 35.7 Å². The van der Waals surface area contributed by atoms with E-state index in [2.05, 4.69) is 38.7 Å². The third-order valence-corrected chi connectivity index (χ3v) is 5.42. The summed E-state index contributed by atoms with van der Waals surface area (Å²) < 4.78 is 1.91. The third kappa shape index (κ3) is 4.23. The van der Waals surface area contributed by atoms with Crippen molar-refractivity contribution >= 4 is 34.1 Å². The van der Waals surface area contributed by atoms with E-state index in [9.17, 15) is 4.79 Å². The van der Waals surface area contributed by atoms with E-state index in [0.29, 0.717) is 10.3 Å². The molecule has 7 nitrogen and oxygen atoms in total. The number of anilines is 1. The van der Waals surface area contributed by atoms with E-state index in [1.54, 1.807) is 6.33 Å². The number of hydrogen-bond donors (Lipinski definition) is 1. The first-order valence-electron chi connectivity index (χ1n) is 7.94.